The van der Waals surface area contributed by atoms with Crippen LogP contribution in [0.15, 0.2) is 60.7 Å². The second-order valence-corrected chi connectivity index (χ2v) is 12.9. The van der Waals surface area contributed by atoms with Crippen molar-refractivity contribution in [3.05, 3.63) is 83.3 Å². The number of nitrogens with zero attached hydrogens (tertiary/aromatic N) is 2. The molecule has 1 aliphatic rings. The van der Waals surface area contributed by atoms with Gasteiger partial charge < -0.3 is 0 Å². The number of thiazole rings is 1. The van der Waals surface area contributed by atoms with Gasteiger partial charge in [-0.15, -0.1) is 0 Å². The van der Waals surface area contributed by atoms with E-state index in [9.17, 15) is 4.21 Å². The lowest BCUT2D eigenvalue weighted by molar-refractivity contribution is 0.606. The van der Waals surface area contributed by atoms with Gasteiger partial charge in [0.1, 0.15) is 21.2 Å². The number of halogens is 1. The molecule has 7 heteroatoms. The van der Waals surface area contributed by atoms with Crippen LogP contribution in [0.3, 0.4) is 0 Å². The van der Waals surface area contributed by atoms with Crippen molar-refractivity contribution in [2.75, 3.05) is 0 Å². The predicted octanol–water partition coefficient (Wildman–Crippen LogP) is 6.69. The van der Waals surface area contributed by atoms with Crippen molar-refractivity contribution in [2.24, 2.45) is 0 Å². The smallest absolute Gasteiger partial charge is 0.144 e. The highest BCUT2D eigenvalue weighted by Gasteiger charge is 2.47. The molecule has 1 aliphatic carbocycles. The molecule has 1 unspecified atom stereocenters. The number of pyridine rings is 1. The first-order valence-corrected chi connectivity index (χ1v) is 13.5. The van der Waals surface area contributed by atoms with Gasteiger partial charge in [-0.25, -0.2) is 23.3 Å². The van der Waals surface area contributed by atoms with Gasteiger partial charge in [0.15, 0.2) is 0 Å². The molecule has 5 rings (SSSR count). The van der Waals surface area contributed by atoms with E-state index in [1.54, 1.807) is 6.07 Å². The van der Waals surface area contributed by atoms with Crippen LogP contribution in [-0.4, -0.2) is 18.9 Å². The third kappa shape index (κ3) is 4.32. The Balaban J connectivity index is 1.42. The number of aromatic nitrogens is 2. The van der Waals surface area contributed by atoms with Crippen molar-refractivity contribution in [1.29, 1.82) is 0 Å². The normalized spacial score (nSPS) is 17.0. The highest BCUT2D eigenvalue weighted by atomic mass is 32.2. The summed E-state index contributed by atoms with van der Waals surface area (Å²) in [5, 5.41) is 0.618. The molecule has 1 fully saturated rings. The van der Waals surface area contributed by atoms with Gasteiger partial charge in [-0.2, -0.15) is 0 Å². The molecular formula is C27H28FN3OS2. The van der Waals surface area contributed by atoms with Crippen LogP contribution in [0.5, 0.6) is 0 Å². The fraction of sp³-hybridized carbons (Fsp3) is 0.333. The van der Waals surface area contributed by atoms with Gasteiger partial charge in [0.2, 0.25) is 0 Å². The lowest BCUT2D eigenvalue weighted by Crippen LogP contribution is -2.34. The van der Waals surface area contributed by atoms with Gasteiger partial charge in [-0.3, -0.25) is 0 Å². The molecule has 2 atom stereocenters. The predicted molar refractivity (Wildman–Crippen MR) is 139 cm³/mol. The fourth-order valence-corrected chi connectivity index (χ4v) is 5.93. The van der Waals surface area contributed by atoms with Gasteiger partial charge in [0.25, 0.3) is 0 Å². The summed E-state index contributed by atoms with van der Waals surface area (Å²) in [6.07, 6.45) is 2.17. The van der Waals surface area contributed by atoms with Crippen LogP contribution in [0.4, 0.5) is 4.39 Å². The number of hydrogen-bond acceptors (Lipinski definition) is 4. The Morgan fingerprint density at radius 3 is 2.44 bits per heavy atom. The van der Waals surface area contributed by atoms with E-state index in [4.69, 9.17) is 4.98 Å². The lowest BCUT2D eigenvalue weighted by Gasteiger charge is -2.22. The maximum absolute atomic E-state index is 15.1. The monoisotopic (exact) mass is 493 g/mol. The van der Waals surface area contributed by atoms with Crippen LogP contribution in [0.25, 0.3) is 20.9 Å². The zero-order valence-electron chi connectivity index (χ0n) is 19.8. The summed E-state index contributed by atoms with van der Waals surface area (Å²) in [6, 6.07) is 19.5. The second-order valence-electron chi connectivity index (χ2n) is 9.95. The van der Waals surface area contributed by atoms with Crippen LogP contribution in [-0.2, 0) is 16.4 Å². The van der Waals surface area contributed by atoms with E-state index in [1.807, 2.05) is 45.9 Å². The molecule has 34 heavy (non-hydrogen) atoms. The van der Waals surface area contributed by atoms with Crippen molar-refractivity contribution >= 4 is 32.7 Å². The summed E-state index contributed by atoms with van der Waals surface area (Å²) < 4.78 is 30.2. The third-order valence-corrected chi connectivity index (χ3v) is 9.06. The largest absolute Gasteiger partial charge is 0.242 e. The van der Waals surface area contributed by atoms with Crippen molar-refractivity contribution in [3.63, 3.8) is 0 Å². The van der Waals surface area contributed by atoms with Crippen LogP contribution < -0.4 is 4.72 Å². The van der Waals surface area contributed by atoms with Gasteiger partial charge in [0.05, 0.1) is 21.4 Å². The molecule has 4 nitrogen and oxygen atoms in total. The number of fused-ring (bicyclic) bond motifs is 1. The summed E-state index contributed by atoms with van der Waals surface area (Å²) in [5.74, 6) is -0.338. The minimum Gasteiger partial charge on any atom is -0.242 e. The summed E-state index contributed by atoms with van der Waals surface area (Å²) in [7, 11) is -1.24. The highest BCUT2D eigenvalue weighted by molar-refractivity contribution is 7.84. The van der Waals surface area contributed by atoms with Crippen LogP contribution in [0.2, 0.25) is 0 Å². The SMILES string of the molecule is C[C@@H](NS(=O)C(C)(C)C)c1ccc(-c2nc3ccc(C4(c5ccccc5)CC4)nc3s2)c(F)c1. The number of hydrogen-bond donors (Lipinski definition) is 1. The molecule has 2 heterocycles. The molecule has 2 aromatic heterocycles. The quantitative estimate of drug-likeness (QED) is 0.326. The fourth-order valence-electron chi connectivity index (χ4n) is 4.15. The van der Waals surface area contributed by atoms with Crippen LogP contribution in [0.1, 0.15) is 63.4 Å². The van der Waals surface area contributed by atoms with E-state index in [-0.39, 0.29) is 22.0 Å². The Morgan fingerprint density at radius 2 is 1.79 bits per heavy atom. The Labute approximate surface area is 206 Å². The Morgan fingerprint density at radius 1 is 1.06 bits per heavy atom. The van der Waals surface area contributed by atoms with Crippen LogP contribution >= 0.6 is 11.3 Å². The average molecular weight is 494 g/mol. The van der Waals surface area contributed by atoms with E-state index in [0.717, 1.165) is 34.4 Å². The summed E-state index contributed by atoms with van der Waals surface area (Å²) in [6.45, 7) is 7.61. The molecule has 4 aromatic rings. The van der Waals surface area contributed by atoms with E-state index in [0.29, 0.717) is 10.6 Å². The van der Waals surface area contributed by atoms with Crippen molar-refractivity contribution in [1.82, 2.24) is 14.7 Å². The number of rotatable bonds is 6. The van der Waals surface area contributed by atoms with E-state index < -0.39 is 11.0 Å². The summed E-state index contributed by atoms with van der Waals surface area (Å²) in [4.78, 5) is 10.4. The number of nitrogens with one attached hydrogen (secondary N) is 1. The first-order chi connectivity index (χ1) is 16.2. The van der Waals surface area contributed by atoms with E-state index in [1.165, 1.54) is 23.0 Å². The molecule has 2 aromatic carbocycles. The maximum Gasteiger partial charge on any atom is 0.144 e. The minimum atomic E-state index is -1.24. The molecule has 0 amide bonds. The zero-order chi connectivity index (χ0) is 24.1. The number of benzene rings is 2. The van der Waals surface area contributed by atoms with E-state index >= 15 is 4.39 Å². The first kappa shape index (κ1) is 23.3. The Bertz CT molecular complexity index is 1370. The second kappa shape index (κ2) is 8.63. The van der Waals surface area contributed by atoms with Gasteiger partial charge in [-0.1, -0.05) is 47.7 Å². The summed E-state index contributed by atoms with van der Waals surface area (Å²) >= 11 is 1.42. The molecule has 0 spiro atoms. The Kier molecular flexibility index (Phi) is 5.91. The van der Waals surface area contributed by atoms with Crippen molar-refractivity contribution in [3.8, 4) is 10.6 Å². The van der Waals surface area contributed by atoms with Crippen molar-refractivity contribution in [2.45, 2.75) is 56.7 Å². The lowest BCUT2D eigenvalue weighted by atomic mass is 9.92. The minimum absolute atomic E-state index is 0.0111. The van der Waals surface area contributed by atoms with Gasteiger partial charge >= 0.3 is 0 Å². The molecule has 176 valence electrons. The highest BCUT2D eigenvalue weighted by Crippen LogP contribution is 2.53. The molecule has 0 radical (unpaired) electrons. The molecule has 0 bridgehead atoms. The third-order valence-electron chi connectivity index (χ3n) is 6.39. The van der Waals surface area contributed by atoms with Crippen LogP contribution in [0, 0.1) is 5.82 Å². The molecule has 1 saturated carbocycles. The van der Waals surface area contributed by atoms with Gasteiger partial charge in [-0.05, 0) is 75.9 Å². The van der Waals surface area contributed by atoms with E-state index in [2.05, 4.69) is 40.0 Å². The summed E-state index contributed by atoms with van der Waals surface area (Å²) in [5.41, 5.74) is 4.34. The standard InChI is InChI=1S/C27H28FN3OS2/c1-17(31-34(32)26(2,3)4)18-10-11-20(21(28)16-18)24-29-22-12-13-23(30-25(22)33-24)27(14-15-27)19-8-6-5-7-9-19/h5-13,16-17,31H,14-15H2,1-4H3/t17-,34?/m1/s1. The maximum atomic E-state index is 15.1. The molecule has 1 N–H and O–H groups in total. The Hall–Kier alpha value is -2.48. The molecule has 0 saturated heterocycles. The molecule has 0 aliphatic heterocycles. The topological polar surface area (TPSA) is 54.9 Å². The van der Waals surface area contributed by atoms with Gasteiger partial charge in [0, 0.05) is 17.0 Å². The van der Waals surface area contributed by atoms with Crippen molar-refractivity contribution < 1.29 is 8.60 Å². The first-order valence-electron chi connectivity index (χ1n) is 11.5. The molecular weight excluding hydrogens is 465 g/mol. The average Bonchev–Trinajstić information content (AvgIpc) is 3.51. The zero-order valence-corrected chi connectivity index (χ0v) is 21.4.